The summed E-state index contributed by atoms with van der Waals surface area (Å²) in [4.78, 5) is 0. The van der Waals surface area contributed by atoms with E-state index in [9.17, 15) is 0 Å². The molecule has 0 radical (unpaired) electrons. The van der Waals surface area contributed by atoms with Crippen LogP contribution in [0.3, 0.4) is 0 Å². The van der Waals surface area contributed by atoms with Gasteiger partial charge < -0.3 is 9.26 Å². The lowest BCUT2D eigenvalue weighted by molar-refractivity contribution is 0.346. The molecule has 1 saturated heterocycles. The second kappa shape index (κ2) is 2.58. The highest BCUT2D eigenvalue weighted by Crippen LogP contribution is 2.34. The molecule has 1 fully saturated rings. The Bertz CT molecular complexity index is 332. The van der Waals surface area contributed by atoms with Gasteiger partial charge in [0.05, 0.1) is 17.9 Å². The minimum Gasteiger partial charge on any atom is -0.370 e. The third-order valence-corrected chi connectivity index (χ3v) is 3.09. The predicted octanol–water partition coefficient (Wildman–Crippen LogP) is 1.63. The summed E-state index contributed by atoms with van der Waals surface area (Å²) in [5.74, 6) is 1.09. The van der Waals surface area contributed by atoms with Gasteiger partial charge in [-0.3, -0.25) is 0 Å². The van der Waals surface area contributed by atoms with Crippen LogP contribution in [0.15, 0.2) is 4.52 Å². The first-order valence-electron chi connectivity index (χ1n) is 4.94. The number of epoxide rings is 1. The number of hydrogen-bond acceptors (Lipinski definition) is 3. The third kappa shape index (κ3) is 1.18. The molecule has 13 heavy (non-hydrogen) atoms. The number of ether oxygens (including phenoxy) is 1. The Morgan fingerprint density at radius 2 is 2.00 bits per heavy atom. The Morgan fingerprint density at radius 1 is 1.23 bits per heavy atom. The molecule has 3 rings (SSSR count). The second-order valence-electron chi connectivity index (χ2n) is 3.96. The topological polar surface area (TPSA) is 38.6 Å². The number of nitrogens with zero attached hydrogens (tertiary/aromatic N) is 1. The van der Waals surface area contributed by atoms with Crippen molar-refractivity contribution in [2.75, 3.05) is 0 Å². The van der Waals surface area contributed by atoms with Gasteiger partial charge in [-0.1, -0.05) is 5.16 Å². The van der Waals surface area contributed by atoms with E-state index < -0.39 is 0 Å². The first-order chi connectivity index (χ1) is 6.34. The average molecular weight is 179 g/mol. The smallest absolute Gasteiger partial charge is 0.140 e. The molecule has 2 aliphatic rings. The SMILES string of the molecule is Cc1noc2c1CC[C@H]1O[C@@H]1CC2. The van der Waals surface area contributed by atoms with Crippen LogP contribution in [0.5, 0.6) is 0 Å². The second-order valence-corrected chi connectivity index (χ2v) is 3.96. The quantitative estimate of drug-likeness (QED) is 0.568. The van der Waals surface area contributed by atoms with Gasteiger partial charge >= 0.3 is 0 Å². The van der Waals surface area contributed by atoms with Gasteiger partial charge in [0, 0.05) is 12.0 Å². The van der Waals surface area contributed by atoms with Gasteiger partial charge in [0.15, 0.2) is 0 Å². The van der Waals surface area contributed by atoms with Crippen molar-refractivity contribution in [3.8, 4) is 0 Å². The molecule has 0 unspecified atom stereocenters. The third-order valence-electron chi connectivity index (χ3n) is 3.09. The average Bonchev–Trinajstić information content (AvgIpc) is 2.73. The van der Waals surface area contributed by atoms with Crippen LogP contribution in [0, 0.1) is 6.92 Å². The molecule has 3 nitrogen and oxygen atoms in total. The highest BCUT2D eigenvalue weighted by Gasteiger charge is 2.39. The first kappa shape index (κ1) is 7.56. The molecule has 3 heteroatoms. The minimum atomic E-state index is 0.513. The van der Waals surface area contributed by atoms with E-state index in [2.05, 4.69) is 5.16 Å². The van der Waals surface area contributed by atoms with E-state index in [-0.39, 0.29) is 0 Å². The largest absolute Gasteiger partial charge is 0.370 e. The van der Waals surface area contributed by atoms with E-state index in [1.54, 1.807) is 0 Å². The molecule has 1 aromatic rings. The molecule has 2 atom stereocenters. The van der Waals surface area contributed by atoms with Crippen molar-refractivity contribution in [1.82, 2.24) is 5.16 Å². The maximum Gasteiger partial charge on any atom is 0.140 e. The van der Waals surface area contributed by atoms with E-state index in [4.69, 9.17) is 9.26 Å². The highest BCUT2D eigenvalue weighted by atomic mass is 16.6. The summed E-state index contributed by atoms with van der Waals surface area (Å²) in [6, 6.07) is 0. The van der Waals surface area contributed by atoms with Crippen LogP contribution in [0.1, 0.15) is 29.9 Å². The molecule has 0 aromatic carbocycles. The fourth-order valence-electron chi connectivity index (χ4n) is 2.20. The number of hydrogen-bond donors (Lipinski definition) is 0. The minimum absolute atomic E-state index is 0.513. The van der Waals surface area contributed by atoms with Crippen molar-refractivity contribution in [2.24, 2.45) is 0 Å². The Hall–Kier alpha value is -0.830. The van der Waals surface area contributed by atoms with Crippen molar-refractivity contribution >= 4 is 0 Å². The molecule has 1 aliphatic carbocycles. The molecule has 0 bridgehead atoms. The van der Waals surface area contributed by atoms with Crippen molar-refractivity contribution in [2.45, 2.75) is 44.8 Å². The molecule has 1 aromatic heterocycles. The normalized spacial score (nSPS) is 31.5. The maximum atomic E-state index is 5.52. The molecule has 2 heterocycles. The summed E-state index contributed by atoms with van der Waals surface area (Å²) in [7, 11) is 0. The van der Waals surface area contributed by atoms with Crippen molar-refractivity contribution in [3.63, 3.8) is 0 Å². The van der Waals surface area contributed by atoms with Crippen LogP contribution in [0.4, 0.5) is 0 Å². The lowest BCUT2D eigenvalue weighted by atomic mass is 9.98. The van der Waals surface area contributed by atoms with Gasteiger partial charge in [0.2, 0.25) is 0 Å². The van der Waals surface area contributed by atoms with Crippen molar-refractivity contribution < 1.29 is 9.26 Å². The fraction of sp³-hybridized carbons (Fsp3) is 0.700. The van der Waals surface area contributed by atoms with Gasteiger partial charge in [0.25, 0.3) is 0 Å². The standard InChI is InChI=1S/C10H13NO2/c1-6-7-2-3-9-10(12-9)5-4-8(7)13-11-6/h9-10H,2-5H2,1H3/t9-,10-/m1/s1. The molecular weight excluding hydrogens is 166 g/mol. The Morgan fingerprint density at radius 3 is 2.85 bits per heavy atom. The highest BCUT2D eigenvalue weighted by molar-refractivity contribution is 5.23. The summed E-state index contributed by atoms with van der Waals surface area (Å²) >= 11 is 0. The van der Waals surface area contributed by atoms with Gasteiger partial charge in [-0.05, 0) is 26.2 Å². The van der Waals surface area contributed by atoms with Crippen LogP contribution in [0.2, 0.25) is 0 Å². The summed E-state index contributed by atoms with van der Waals surface area (Å²) in [5.41, 5.74) is 2.39. The van der Waals surface area contributed by atoms with Crippen LogP contribution >= 0.6 is 0 Å². The van der Waals surface area contributed by atoms with E-state index in [0.717, 1.165) is 37.1 Å². The first-order valence-corrected chi connectivity index (χ1v) is 4.94. The van der Waals surface area contributed by atoms with Crippen LogP contribution in [-0.4, -0.2) is 17.4 Å². The van der Waals surface area contributed by atoms with E-state index in [0.29, 0.717) is 12.2 Å². The molecule has 1 aliphatic heterocycles. The monoisotopic (exact) mass is 179 g/mol. The molecule has 0 spiro atoms. The maximum absolute atomic E-state index is 5.52. The van der Waals surface area contributed by atoms with Crippen LogP contribution < -0.4 is 0 Å². The van der Waals surface area contributed by atoms with E-state index >= 15 is 0 Å². The molecule has 0 amide bonds. The number of aromatic nitrogens is 1. The zero-order valence-electron chi connectivity index (χ0n) is 7.75. The lowest BCUT2D eigenvalue weighted by Crippen LogP contribution is -2.04. The zero-order chi connectivity index (χ0) is 8.84. The predicted molar refractivity (Wildman–Crippen MR) is 46.5 cm³/mol. The Kier molecular flexibility index (Phi) is 1.50. The Labute approximate surface area is 77.1 Å². The van der Waals surface area contributed by atoms with Gasteiger partial charge in [-0.2, -0.15) is 0 Å². The Balaban J connectivity index is 1.91. The van der Waals surface area contributed by atoms with Crippen molar-refractivity contribution in [1.29, 1.82) is 0 Å². The molecule has 0 N–H and O–H groups in total. The summed E-state index contributed by atoms with van der Waals surface area (Å²) in [6.07, 6.45) is 5.36. The summed E-state index contributed by atoms with van der Waals surface area (Å²) in [6.45, 7) is 2.02. The molecule has 0 saturated carbocycles. The molecule has 70 valence electrons. The van der Waals surface area contributed by atoms with E-state index in [1.807, 2.05) is 6.92 Å². The zero-order valence-corrected chi connectivity index (χ0v) is 7.75. The number of rotatable bonds is 0. The number of aryl methyl sites for hydroxylation is 2. The molecular formula is C10H13NO2. The van der Waals surface area contributed by atoms with E-state index in [1.165, 1.54) is 5.56 Å². The number of fused-ring (bicyclic) bond motifs is 2. The van der Waals surface area contributed by atoms with Crippen LogP contribution in [-0.2, 0) is 17.6 Å². The van der Waals surface area contributed by atoms with Crippen molar-refractivity contribution in [3.05, 3.63) is 17.0 Å². The van der Waals surface area contributed by atoms with Crippen LogP contribution in [0.25, 0.3) is 0 Å². The summed E-state index contributed by atoms with van der Waals surface area (Å²) in [5, 5.41) is 4.01. The summed E-state index contributed by atoms with van der Waals surface area (Å²) < 4.78 is 10.8. The van der Waals surface area contributed by atoms with Gasteiger partial charge in [-0.15, -0.1) is 0 Å². The lowest BCUT2D eigenvalue weighted by Gasteiger charge is -2.03. The fourth-order valence-corrected chi connectivity index (χ4v) is 2.20. The van der Waals surface area contributed by atoms with Gasteiger partial charge in [0.1, 0.15) is 5.76 Å². The van der Waals surface area contributed by atoms with Gasteiger partial charge in [-0.25, -0.2) is 0 Å².